The Morgan fingerprint density at radius 1 is 1.15 bits per heavy atom. The van der Waals surface area contributed by atoms with E-state index < -0.39 is 0 Å². The summed E-state index contributed by atoms with van der Waals surface area (Å²) < 4.78 is 1.81. The number of rotatable bonds is 8. The van der Waals surface area contributed by atoms with Crippen molar-refractivity contribution in [1.29, 1.82) is 0 Å². The van der Waals surface area contributed by atoms with Gasteiger partial charge in [0, 0.05) is 30.2 Å². The summed E-state index contributed by atoms with van der Waals surface area (Å²) in [7, 11) is 0. The van der Waals surface area contributed by atoms with Gasteiger partial charge in [-0.2, -0.15) is 0 Å². The Hall–Kier alpha value is -1.25. The number of amides is 1. The number of hydrogen-bond acceptors (Lipinski definition) is 7. The zero-order valence-electron chi connectivity index (χ0n) is 15.1. The number of hydrogen-bond donors (Lipinski definition) is 1. The predicted molar refractivity (Wildman–Crippen MR) is 113 cm³/mol. The molecule has 0 aliphatic carbocycles. The fraction of sp³-hybridized carbons (Fsp3) is 0.500. The molecule has 3 rings (SSSR count). The summed E-state index contributed by atoms with van der Waals surface area (Å²) in [6.07, 6.45) is 2.53. The van der Waals surface area contributed by atoms with Crippen molar-refractivity contribution >= 4 is 52.1 Å². The van der Waals surface area contributed by atoms with Crippen LogP contribution in [0.2, 0.25) is 0 Å². The Bertz CT molecular complexity index is 711. The van der Waals surface area contributed by atoms with Crippen molar-refractivity contribution in [3.05, 3.63) is 24.3 Å². The van der Waals surface area contributed by atoms with E-state index in [1.807, 2.05) is 12.1 Å². The molecule has 8 heteroatoms. The van der Waals surface area contributed by atoms with Crippen molar-refractivity contribution in [3.63, 3.8) is 0 Å². The lowest BCUT2D eigenvalue weighted by Gasteiger charge is -2.17. The molecule has 1 N–H and O–H groups in total. The van der Waals surface area contributed by atoms with Crippen LogP contribution in [0.4, 0.5) is 11.4 Å². The molecule has 1 aromatic heterocycles. The summed E-state index contributed by atoms with van der Waals surface area (Å²) in [4.78, 5) is 14.5. The van der Waals surface area contributed by atoms with Crippen LogP contribution in [-0.4, -0.2) is 40.7 Å². The van der Waals surface area contributed by atoms with Crippen molar-refractivity contribution in [2.45, 2.75) is 35.4 Å². The highest BCUT2D eigenvalue weighted by Gasteiger charge is 2.13. The van der Waals surface area contributed by atoms with E-state index in [-0.39, 0.29) is 5.91 Å². The minimum Gasteiger partial charge on any atom is -0.372 e. The molecule has 1 saturated heterocycles. The largest absolute Gasteiger partial charge is 0.372 e. The zero-order valence-corrected chi connectivity index (χ0v) is 17.6. The second-order valence-electron chi connectivity index (χ2n) is 6.62. The van der Waals surface area contributed by atoms with Crippen LogP contribution in [0.3, 0.4) is 0 Å². The fourth-order valence-corrected chi connectivity index (χ4v) is 5.40. The van der Waals surface area contributed by atoms with E-state index in [4.69, 9.17) is 0 Å². The highest BCUT2D eigenvalue weighted by molar-refractivity contribution is 8.03. The SMILES string of the molecule is CC(C)CSc1nnc(SCC(=O)Nc2ccc(N3CCCC3)cc2)s1. The standard InChI is InChI=1S/C18H24N4OS3/c1-13(2)11-24-17-20-21-18(26-17)25-12-16(23)19-14-5-7-15(8-6-14)22-9-3-4-10-22/h5-8,13H,3-4,9-12H2,1-2H3,(H,19,23). The maximum absolute atomic E-state index is 12.2. The van der Waals surface area contributed by atoms with Crippen LogP contribution in [0, 0.1) is 5.92 Å². The van der Waals surface area contributed by atoms with Crippen LogP contribution >= 0.6 is 34.9 Å². The van der Waals surface area contributed by atoms with E-state index in [2.05, 4.69) is 46.4 Å². The van der Waals surface area contributed by atoms with Gasteiger partial charge >= 0.3 is 0 Å². The van der Waals surface area contributed by atoms with E-state index in [0.717, 1.165) is 33.2 Å². The van der Waals surface area contributed by atoms with Crippen LogP contribution in [0.1, 0.15) is 26.7 Å². The molecule has 5 nitrogen and oxygen atoms in total. The van der Waals surface area contributed by atoms with Crippen molar-refractivity contribution in [2.75, 3.05) is 34.8 Å². The molecule has 0 atom stereocenters. The molecule has 1 aliphatic heterocycles. The number of carbonyl (C=O) groups excluding carboxylic acids is 1. The number of thioether (sulfide) groups is 2. The molecule has 2 aromatic rings. The first-order valence-corrected chi connectivity index (χ1v) is 11.6. The van der Waals surface area contributed by atoms with E-state index in [1.54, 1.807) is 23.1 Å². The highest BCUT2D eigenvalue weighted by atomic mass is 32.2. The number of nitrogens with zero attached hydrogens (tertiary/aromatic N) is 3. The number of benzene rings is 1. The van der Waals surface area contributed by atoms with Crippen LogP contribution in [0.15, 0.2) is 32.9 Å². The van der Waals surface area contributed by atoms with Crippen LogP contribution < -0.4 is 10.2 Å². The molecule has 1 aliphatic rings. The minimum absolute atomic E-state index is 0.0181. The van der Waals surface area contributed by atoms with Gasteiger partial charge in [0.15, 0.2) is 8.68 Å². The summed E-state index contributed by atoms with van der Waals surface area (Å²) in [6.45, 7) is 6.63. The first kappa shape index (κ1) is 19.5. The fourth-order valence-electron chi connectivity index (χ4n) is 2.61. The van der Waals surface area contributed by atoms with Crippen molar-refractivity contribution in [3.8, 4) is 0 Å². The Kier molecular flexibility index (Phi) is 7.22. The first-order valence-electron chi connectivity index (χ1n) is 8.84. The van der Waals surface area contributed by atoms with Crippen molar-refractivity contribution < 1.29 is 4.79 Å². The highest BCUT2D eigenvalue weighted by Crippen LogP contribution is 2.30. The number of anilines is 2. The Balaban J connectivity index is 1.43. The number of carbonyl (C=O) groups is 1. The lowest BCUT2D eigenvalue weighted by atomic mass is 10.2. The molecule has 2 heterocycles. The first-order chi connectivity index (χ1) is 12.6. The molecule has 0 radical (unpaired) electrons. The number of nitrogens with one attached hydrogen (secondary N) is 1. The van der Waals surface area contributed by atoms with E-state index >= 15 is 0 Å². The summed E-state index contributed by atoms with van der Waals surface area (Å²) in [5.41, 5.74) is 2.07. The quantitative estimate of drug-likeness (QED) is 0.643. The van der Waals surface area contributed by atoms with Gasteiger partial charge in [-0.05, 0) is 43.0 Å². The molecule has 140 valence electrons. The molecular formula is C18H24N4OS3. The number of aromatic nitrogens is 2. The van der Waals surface area contributed by atoms with Crippen LogP contribution in [0.25, 0.3) is 0 Å². The van der Waals surface area contributed by atoms with Gasteiger partial charge in [-0.1, -0.05) is 48.7 Å². The molecular weight excluding hydrogens is 384 g/mol. The van der Waals surface area contributed by atoms with Gasteiger partial charge in [0.25, 0.3) is 0 Å². The predicted octanol–water partition coefficient (Wildman–Crippen LogP) is 4.62. The summed E-state index contributed by atoms with van der Waals surface area (Å²) in [6, 6.07) is 8.11. The lowest BCUT2D eigenvalue weighted by Crippen LogP contribution is -2.18. The molecule has 26 heavy (non-hydrogen) atoms. The second kappa shape index (κ2) is 9.62. The van der Waals surface area contributed by atoms with E-state index in [1.165, 1.54) is 30.3 Å². The molecule has 0 spiro atoms. The normalized spacial score (nSPS) is 14.2. The summed E-state index contributed by atoms with van der Waals surface area (Å²) >= 11 is 4.72. The van der Waals surface area contributed by atoms with Gasteiger partial charge in [0.1, 0.15) is 0 Å². The molecule has 1 amide bonds. The van der Waals surface area contributed by atoms with Crippen molar-refractivity contribution in [2.24, 2.45) is 5.92 Å². The van der Waals surface area contributed by atoms with Crippen LogP contribution in [0.5, 0.6) is 0 Å². The van der Waals surface area contributed by atoms with Gasteiger partial charge in [-0.25, -0.2) is 0 Å². The third kappa shape index (κ3) is 5.89. The Labute approximate surface area is 167 Å². The summed E-state index contributed by atoms with van der Waals surface area (Å²) in [5, 5.41) is 11.3. The zero-order chi connectivity index (χ0) is 18.4. The minimum atomic E-state index is -0.0181. The molecule has 1 fully saturated rings. The second-order valence-corrected chi connectivity index (χ2v) is 10.1. The summed E-state index contributed by atoms with van der Waals surface area (Å²) in [5.74, 6) is 1.99. The average molecular weight is 409 g/mol. The molecule has 1 aromatic carbocycles. The maximum Gasteiger partial charge on any atom is 0.234 e. The average Bonchev–Trinajstić information content (AvgIpc) is 3.31. The molecule has 0 saturated carbocycles. The monoisotopic (exact) mass is 408 g/mol. The third-order valence-electron chi connectivity index (χ3n) is 3.88. The van der Waals surface area contributed by atoms with Gasteiger partial charge in [-0.3, -0.25) is 4.79 Å². The topological polar surface area (TPSA) is 58.1 Å². The Morgan fingerprint density at radius 2 is 1.81 bits per heavy atom. The Morgan fingerprint density at radius 3 is 2.46 bits per heavy atom. The van der Waals surface area contributed by atoms with Gasteiger partial charge in [0.2, 0.25) is 5.91 Å². The molecule has 0 unspecified atom stereocenters. The van der Waals surface area contributed by atoms with E-state index in [9.17, 15) is 4.79 Å². The smallest absolute Gasteiger partial charge is 0.234 e. The van der Waals surface area contributed by atoms with Gasteiger partial charge < -0.3 is 10.2 Å². The third-order valence-corrected chi connectivity index (χ3v) is 7.49. The van der Waals surface area contributed by atoms with Crippen LogP contribution in [-0.2, 0) is 4.79 Å². The van der Waals surface area contributed by atoms with Crippen molar-refractivity contribution in [1.82, 2.24) is 10.2 Å². The lowest BCUT2D eigenvalue weighted by molar-refractivity contribution is -0.113. The van der Waals surface area contributed by atoms with Gasteiger partial charge in [-0.15, -0.1) is 10.2 Å². The molecule has 0 bridgehead atoms. The maximum atomic E-state index is 12.2. The van der Waals surface area contributed by atoms with E-state index in [0.29, 0.717) is 11.7 Å². The van der Waals surface area contributed by atoms with Gasteiger partial charge in [0.05, 0.1) is 5.75 Å².